The number of carbonyl (C=O) groups is 1. The van der Waals surface area contributed by atoms with Gasteiger partial charge >= 0.3 is 0 Å². The van der Waals surface area contributed by atoms with Crippen LogP contribution in [-0.2, 0) is 4.79 Å². The Hall–Kier alpha value is -0.220. The van der Waals surface area contributed by atoms with E-state index in [0.717, 1.165) is 18.6 Å². The Morgan fingerprint density at radius 2 is 2.29 bits per heavy atom. The molecule has 2 aliphatic heterocycles. The summed E-state index contributed by atoms with van der Waals surface area (Å²) in [5, 5.41) is 3.55. The molecule has 0 aliphatic carbocycles. The first-order chi connectivity index (χ1) is 8.17. The van der Waals surface area contributed by atoms with Gasteiger partial charge in [0.2, 0.25) is 5.91 Å². The molecule has 98 valence electrons. The minimum Gasteiger partial charge on any atom is -0.342 e. The van der Waals surface area contributed by atoms with Crippen molar-refractivity contribution in [1.82, 2.24) is 10.2 Å². The van der Waals surface area contributed by atoms with Gasteiger partial charge in [-0.05, 0) is 31.9 Å². The van der Waals surface area contributed by atoms with Crippen LogP contribution in [0, 0.1) is 5.92 Å². The molecule has 17 heavy (non-hydrogen) atoms. The van der Waals surface area contributed by atoms with Gasteiger partial charge in [0.1, 0.15) is 0 Å². The summed E-state index contributed by atoms with van der Waals surface area (Å²) < 4.78 is 0. The maximum atomic E-state index is 12.5. The fourth-order valence-corrected chi connectivity index (χ4v) is 4.08. The van der Waals surface area contributed by atoms with E-state index in [4.69, 9.17) is 0 Å². The molecule has 2 aliphatic rings. The van der Waals surface area contributed by atoms with Gasteiger partial charge in [0, 0.05) is 30.9 Å². The number of fused-ring (bicyclic) bond motifs is 2. The average Bonchev–Trinajstić information content (AvgIpc) is 2.96. The number of nitrogens with one attached hydrogen (secondary N) is 1. The molecule has 2 bridgehead atoms. The van der Waals surface area contributed by atoms with Crippen molar-refractivity contribution in [3.05, 3.63) is 0 Å². The first-order valence-electron chi connectivity index (χ1n) is 6.69. The molecule has 2 rings (SSSR count). The van der Waals surface area contributed by atoms with Crippen molar-refractivity contribution >= 4 is 17.7 Å². The molecule has 4 heteroatoms. The zero-order valence-corrected chi connectivity index (χ0v) is 11.9. The average molecular weight is 256 g/mol. The highest BCUT2D eigenvalue weighted by Gasteiger charge is 2.44. The van der Waals surface area contributed by atoms with E-state index in [1.807, 2.05) is 23.7 Å². The minimum absolute atomic E-state index is 0.245. The Labute approximate surface area is 109 Å². The van der Waals surface area contributed by atoms with Gasteiger partial charge in [-0.2, -0.15) is 11.8 Å². The van der Waals surface area contributed by atoms with E-state index in [1.54, 1.807) is 0 Å². The highest BCUT2D eigenvalue weighted by atomic mass is 32.2. The van der Waals surface area contributed by atoms with Crippen molar-refractivity contribution < 1.29 is 4.79 Å². The molecule has 0 saturated carbocycles. The molecular weight excluding hydrogens is 232 g/mol. The number of carbonyl (C=O) groups excluding carboxylic acids is 1. The SMILES string of the molecule is CCC(CSC)N(C)C(=O)C1CC2CCC1N2. The van der Waals surface area contributed by atoms with Gasteiger partial charge in [-0.25, -0.2) is 0 Å². The number of rotatable bonds is 5. The summed E-state index contributed by atoms with van der Waals surface area (Å²) in [6, 6.07) is 1.47. The molecule has 2 fully saturated rings. The lowest BCUT2D eigenvalue weighted by atomic mass is 9.88. The van der Waals surface area contributed by atoms with Gasteiger partial charge in [0.15, 0.2) is 0 Å². The van der Waals surface area contributed by atoms with E-state index < -0.39 is 0 Å². The summed E-state index contributed by atoms with van der Waals surface area (Å²) in [5.41, 5.74) is 0. The molecule has 2 heterocycles. The highest BCUT2D eigenvalue weighted by Crippen LogP contribution is 2.34. The van der Waals surface area contributed by atoms with E-state index in [1.165, 1.54) is 12.8 Å². The Bertz CT molecular complexity index is 285. The lowest BCUT2D eigenvalue weighted by Gasteiger charge is -2.31. The fourth-order valence-electron chi connectivity index (χ4n) is 3.23. The summed E-state index contributed by atoms with van der Waals surface area (Å²) in [6.45, 7) is 2.17. The molecule has 4 atom stereocenters. The van der Waals surface area contributed by atoms with Gasteiger partial charge in [-0.3, -0.25) is 4.79 Å². The summed E-state index contributed by atoms with van der Waals surface area (Å²) in [6.07, 6.45) is 6.68. The van der Waals surface area contributed by atoms with Crippen molar-refractivity contribution in [2.24, 2.45) is 5.92 Å². The first-order valence-corrected chi connectivity index (χ1v) is 8.08. The predicted octanol–water partition coefficient (Wildman–Crippen LogP) is 1.73. The monoisotopic (exact) mass is 256 g/mol. The number of nitrogens with zero attached hydrogens (tertiary/aromatic N) is 1. The van der Waals surface area contributed by atoms with E-state index in [0.29, 0.717) is 24.0 Å². The molecular formula is C13H24N2OS. The van der Waals surface area contributed by atoms with E-state index >= 15 is 0 Å². The van der Waals surface area contributed by atoms with Crippen LogP contribution in [0.4, 0.5) is 0 Å². The Morgan fingerprint density at radius 1 is 1.53 bits per heavy atom. The van der Waals surface area contributed by atoms with Crippen LogP contribution < -0.4 is 5.32 Å². The topological polar surface area (TPSA) is 32.3 Å². The maximum Gasteiger partial charge on any atom is 0.227 e. The highest BCUT2D eigenvalue weighted by molar-refractivity contribution is 7.98. The molecule has 3 nitrogen and oxygen atoms in total. The number of hydrogen-bond donors (Lipinski definition) is 1. The second-order valence-electron chi connectivity index (χ2n) is 5.36. The molecule has 1 N–H and O–H groups in total. The van der Waals surface area contributed by atoms with Gasteiger partial charge in [0.25, 0.3) is 0 Å². The van der Waals surface area contributed by atoms with Crippen LogP contribution in [0.1, 0.15) is 32.6 Å². The second-order valence-corrected chi connectivity index (χ2v) is 6.27. The fraction of sp³-hybridized carbons (Fsp3) is 0.923. The van der Waals surface area contributed by atoms with Crippen LogP contribution in [0.15, 0.2) is 0 Å². The summed E-state index contributed by atoms with van der Waals surface area (Å²) in [4.78, 5) is 14.5. The largest absolute Gasteiger partial charge is 0.342 e. The third kappa shape index (κ3) is 2.63. The second kappa shape index (κ2) is 5.61. The number of hydrogen-bond acceptors (Lipinski definition) is 3. The molecule has 0 aromatic rings. The minimum atomic E-state index is 0.245. The van der Waals surface area contributed by atoms with Crippen molar-refractivity contribution in [3.8, 4) is 0 Å². The van der Waals surface area contributed by atoms with Crippen LogP contribution in [0.5, 0.6) is 0 Å². The normalized spacial score (nSPS) is 32.8. The van der Waals surface area contributed by atoms with Gasteiger partial charge < -0.3 is 10.2 Å². The van der Waals surface area contributed by atoms with Crippen LogP contribution in [0.3, 0.4) is 0 Å². The third-order valence-electron chi connectivity index (χ3n) is 4.34. The number of amides is 1. The van der Waals surface area contributed by atoms with Crippen LogP contribution in [0.25, 0.3) is 0 Å². The van der Waals surface area contributed by atoms with Gasteiger partial charge in [-0.1, -0.05) is 6.92 Å². The van der Waals surface area contributed by atoms with Crippen LogP contribution in [0.2, 0.25) is 0 Å². The zero-order valence-electron chi connectivity index (χ0n) is 11.1. The first kappa shape index (κ1) is 13.2. The maximum absolute atomic E-state index is 12.5. The Kier molecular flexibility index (Phi) is 4.36. The third-order valence-corrected chi connectivity index (χ3v) is 5.06. The quantitative estimate of drug-likeness (QED) is 0.813. The summed E-state index contributed by atoms with van der Waals surface area (Å²) in [7, 11) is 1.98. The molecule has 2 saturated heterocycles. The van der Waals surface area contributed by atoms with Crippen molar-refractivity contribution in [2.75, 3.05) is 19.1 Å². The van der Waals surface area contributed by atoms with Crippen LogP contribution >= 0.6 is 11.8 Å². The van der Waals surface area contributed by atoms with Gasteiger partial charge in [0.05, 0.1) is 5.92 Å². The van der Waals surface area contributed by atoms with E-state index in [-0.39, 0.29) is 5.92 Å². The van der Waals surface area contributed by atoms with Gasteiger partial charge in [-0.15, -0.1) is 0 Å². The molecule has 4 unspecified atom stereocenters. The molecule has 1 amide bonds. The molecule has 0 radical (unpaired) electrons. The predicted molar refractivity (Wildman–Crippen MR) is 73.3 cm³/mol. The molecule has 0 aromatic carbocycles. The number of thioether (sulfide) groups is 1. The van der Waals surface area contributed by atoms with Crippen molar-refractivity contribution in [3.63, 3.8) is 0 Å². The lowest BCUT2D eigenvalue weighted by Crippen LogP contribution is -2.44. The van der Waals surface area contributed by atoms with E-state index in [2.05, 4.69) is 18.5 Å². The molecule has 0 aromatic heterocycles. The van der Waals surface area contributed by atoms with Crippen molar-refractivity contribution in [1.29, 1.82) is 0 Å². The standard InChI is InChI=1S/C13H24N2OS/c1-4-10(8-17-3)15(2)13(16)11-7-9-5-6-12(11)14-9/h9-12,14H,4-8H2,1-3H3. The molecule has 0 spiro atoms. The Morgan fingerprint density at radius 3 is 2.76 bits per heavy atom. The zero-order chi connectivity index (χ0) is 12.4. The summed E-state index contributed by atoms with van der Waals surface area (Å²) >= 11 is 1.83. The van der Waals surface area contributed by atoms with Crippen molar-refractivity contribution in [2.45, 2.75) is 50.7 Å². The van der Waals surface area contributed by atoms with Crippen LogP contribution in [-0.4, -0.2) is 48.0 Å². The smallest absolute Gasteiger partial charge is 0.227 e. The summed E-state index contributed by atoms with van der Waals surface area (Å²) in [5.74, 6) is 1.66. The lowest BCUT2D eigenvalue weighted by molar-refractivity contribution is -0.136. The van der Waals surface area contributed by atoms with E-state index in [9.17, 15) is 4.79 Å². The Balaban J connectivity index is 1.94.